The molecule has 0 aromatic heterocycles. The number of hydrazone groups is 1. The van der Waals surface area contributed by atoms with Gasteiger partial charge in [-0.15, -0.1) is 0 Å². The highest BCUT2D eigenvalue weighted by Crippen LogP contribution is 2.31. The fourth-order valence-electron chi connectivity index (χ4n) is 3.75. The molecule has 3 aromatic carbocycles. The molecule has 0 bridgehead atoms. The first-order chi connectivity index (χ1) is 15.5. The maximum Gasteiger partial charge on any atom is 0.282 e. The predicted octanol–water partition coefficient (Wildman–Crippen LogP) is 2.67. The number of benzene rings is 3. The molecule has 0 saturated carbocycles. The number of nitrogens with one attached hydrogen (secondary N) is 1. The van der Waals surface area contributed by atoms with Crippen molar-refractivity contribution >= 4 is 40.7 Å². The van der Waals surface area contributed by atoms with Gasteiger partial charge < -0.3 is 5.32 Å². The second-order valence-corrected chi connectivity index (χ2v) is 7.24. The number of fused-ring (bicyclic) bond motifs is 2. The Kier molecular flexibility index (Phi) is 4.59. The topological polar surface area (TPSA) is 99.2 Å². The van der Waals surface area contributed by atoms with Crippen molar-refractivity contribution in [3.63, 3.8) is 0 Å². The number of amides is 4. The number of nitrogens with zero attached hydrogens (tertiary/aromatic N) is 3. The number of para-hydroxylation sites is 2. The standard InChI is InChI=1S/C24H16N4O4/c29-20(25-15-8-2-1-3-9-15)14-27-19-13-7-6-12-18(19)21(24(27)32)26-28-22(30)16-10-4-5-11-17(16)23(28)31/h1-13H,14H2,(H,25,29)/b26-21-. The number of hydrogen-bond donors (Lipinski definition) is 1. The largest absolute Gasteiger partial charge is 0.325 e. The highest BCUT2D eigenvalue weighted by Gasteiger charge is 2.40. The van der Waals surface area contributed by atoms with Gasteiger partial charge in [0.25, 0.3) is 17.7 Å². The fraction of sp³-hybridized carbons (Fsp3) is 0.0417. The predicted molar refractivity (Wildman–Crippen MR) is 117 cm³/mol. The summed E-state index contributed by atoms with van der Waals surface area (Å²) in [6.45, 7) is -0.244. The number of hydrogen-bond acceptors (Lipinski definition) is 5. The van der Waals surface area contributed by atoms with Crippen LogP contribution in [0.25, 0.3) is 0 Å². The van der Waals surface area contributed by atoms with Crippen LogP contribution in [-0.4, -0.2) is 40.9 Å². The van der Waals surface area contributed by atoms with Crippen LogP contribution in [0.4, 0.5) is 11.4 Å². The molecule has 8 nitrogen and oxygen atoms in total. The molecule has 0 spiro atoms. The second-order valence-electron chi connectivity index (χ2n) is 7.24. The zero-order chi connectivity index (χ0) is 22.2. The van der Waals surface area contributed by atoms with Crippen molar-refractivity contribution in [1.82, 2.24) is 5.01 Å². The normalized spacial score (nSPS) is 15.9. The smallest absolute Gasteiger partial charge is 0.282 e. The summed E-state index contributed by atoms with van der Waals surface area (Å²) in [7, 11) is 0. The molecule has 2 aliphatic rings. The summed E-state index contributed by atoms with van der Waals surface area (Å²) < 4.78 is 0. The lowest BCUT2D eigenvalue weighted by atomic mass is 10.1. The third kappa shape index (κ3) is 3.14. The van der Waals surface area contributed by atoms with Gasteiger partial charge in [0.2, 0.25) is 5.91 Å². The minimum atomic E-state index is -0.594. The molecule has 2 heterocycles. The number of carbonyl (C=O) groups excluding carboxylic acids is 4. The van der Waals surface area contributed by atoms with E-state index in [1.165, 1.54) is 4.90 Å². The van der Waals surface area contributed by atoms with Crippen molar-refractivity contribution in [3.8, 4) is 0 Å². The summed E-state index contributed by atoms with van der Waals surface area (Å²) in [5.41, 5.74) is 1.94. The van der Waals surface area contributed by atoms with Crippen molar-refractivity contribution in [1.29, 1.82) is 0 Å². The maximum atomic E-state index is 13.2. The Morgan fingerprint density at radius 1 is 0.719 bits per heavy atom. The number of rotatable bonds is 4. The third-order valence-corrected chi connectivity index (χ3v) is 5.23. The van der Waals surface area contributed by atoms with Gasteiger partial charge in [-0.2, -0.15) is 10.1 Å². The van der Waals surface area contributed by atoms with E-state index < -0.39 is 17.7 Å². The van der Waals surface area contributed by atoms with E-state index in [-0.39, 0.29) is 29.3 Å². The van der Waals surface area contributed by atoms with Crippen molar-refractivity contribution in [3.05, 3.63) is 95.6 Å². The Bertz CT molecular complexity index is 1280. The minimum Gasteiger partial charge on any atom is -0.325 e. The fourth-order valence-corrected chi connectivity index (χ4v) is 3.75. The molecule has 0 aliphatic carbocycles. The van der Waals surface area contributed by atoms with Crippen molar-refractivity contribution in [2.45, 2.75) is 0 Å². The van der Waals surface area contributed by atoms with Crippen LogP contribution >= 0.6 is 0 Å². The summed E-state index contributed by atoms with van der Waals surface area (Å²) in [6, 6.07) is 22.1. The summed E-state index contributed by atoms with van der Waals surface area (Å²) in [6.07, 6.45) is 0. The molecule has 0 saturated heterocycles. The zero-order valence-corrected chi connectivity index (χ0v) is 16.7. The van der Waals surface area contributed by atoms with E-state index in [1.54, 1.807) is 72.8 Å². The average molecular weight is 424 g/mol. The SMILES string of the molecule is O=C(CN1C(=O)/C(=N\N2C(=O)c3ccccc3C2=O)c2ccccc21)Nc1ccccc1. The van der Waals surface area contributed by atoms with Crippen LogP contribution < -0.4 is 10.2 Å². The Morgan fingerprint density at radius 2 is 1.28 bits per heavy atom. The van der Waals surface area contributed by atoms with Crippen LogP contribution in [-0.2, 0) is 9.59 Å². The average Bonchev–Trinajstić information content (AvgIpc) is 3.21. The number of anilines is 2. The second kappa shape index (κ2) is 7.59. The van der Waals surface area contributed by atoms with Crippen LogP contribution in [0.3, 0.4) is 0 Å². The molecule has 2 aliphatic heterocycles. The van der Waals surface area contributed by atoms with E-state index in [9.17, 15) is 19.2 Å². The van der Waals surface area contributed by atoms with Crippen LogP contribution in [0.15, 0.2) is 84.0 Å². The Hall–Kier alpha value is -4.59. The molecule has 1 N–H and O–H groups in total. The van der Waals surface area contributed by atoms with Crippen molar-refractivity contribution < 1.29 is 19.2 Å². The number of carbonyl (C=O) groups is 4. The van der Waals surface area contributed by atoms with Crippen molar-refractivity contribution in [2.24, 2.45) is 5.10 Å². The first-order valence-electron chi connectivity index (χ1n) is 9.87. The number of imide groups is 1. The van der Waals surface area contributed by atoms with Gasteiger partial charge in [-0.1, -0.05) is 48.5 Å². The summed E-state index contributed by atoms with van der Waals surface area (Å²) >= 11 is 0. The Balaban J connectivity index is 1.45. The van der Waals surface area contributed by atoms with Crippen molar-refractivity contribution in [2.75, 3.05) is 16.8 Å². The summed E-state index contributed by atoms with van der Waals surface area (Å²) in [5.74, 6) is -2.14. The highest BCUT2D eigenvalue weighted by molar-refractivity contribution is 6.55. The first-order valence-corrected chi connectivity index (χ1v) is 9.87. The van der Waals surface area contributed by atoms with Gasteiger partial charge in [-0.05, 0) is 30.3 Å². The quantitative estimate of drug-likeness (QED) is 0.651. The molecular weight excluding hydrogens is 408 g/mol. The molecule has 3 aromatic rings. The van der Waals surface area contributed by atoms with E-state index >= 15 is 0 Å². The minimum absolute atomic E-state index is 0.0670. The van der Waals surface area contributed by atoms with Gasteiger partial charge in [-0.3, -0.25) is 24.1 Å². The van der Waals surface area contributed by atoms with Gasteiger partial charge in [0, 0.05) is 11.3 Å². The lowest BCUT2D eigenvalue weighted by Gasteiger charge is -2.16. The molecule has 32 heavy (non-hydrogen) atoms. The first kappa shape index (κ1) is 19.4. The van der Waals surface area contributed by atoms with E-state index in [2.05, 4.69) is 10.4 Å². The van der Waals surface area contributed by atoms with E-state index in [0.717, 1.165) is 0 Å². The molecule has 0 unspecified atom stereocenters. The Labute approximate surface area is 182 Å². The van der Waals surface area contributed by atoms with E-state index in [0.29, 0.717) is 21.9 Å². The van der Waals surface area contributed by atoms with E-state index in [4.69, 9.17) is 0 Å². The molecule has 4 amide bonds. The van der Waals surface area contributed by atoms with Crippen LogP contribution in [0, 0.1) is 0 Å². The highest BCUT2D eigenvalue weighted by atomic mass is 16.2. The molecule has 8 heteroatoms. The Morgan fingerprint density at radius 3 is 1.94 bits per heavy atom. The van der Waals surface area contributed by atoms with Crippen LogP contribution in [0.1, 0.15) is 26.3 Å². The van der Waals surface area contributed by atoms with Crippen LogP contribution in [0.5, 0.6) is 0 Å². The molecule has 0 radical (unpaired) electrons. The van der Waals surface area contributed by atoms with Gasteiger partial charge in [0.1, 0.15) is 6.54 Å². The monoisotopic (exact) mass is 424 g/mol. The molecular formula is C24H16N4O4. The maximum absolute atomic E-state index is 13.2. The molecule has 5 rings (SSSR count). The van der Waals surface area contributed by atoms with E-state index in [1.807, 2.05) is 6.07 Å². The molecule has 0 atom stereocenters. The van der Waals surface area contributed by atoms with Gasteiger partial charge in [0.05, 0.1) is 16.8 Å². The van der Waals surface area contributed by atoms with Gasteiger partial charge >= 0.3 is 0 Å². The summed E-state index contributed by atoms with van der Waals surface area (Å²) in [5, 5.41) is 7.60. The zero-order valence-electron chi connectivity index (χ0n) is 16.7. The lowest BCUT2D eigenvalue weighted by Crippen LogP contribution is -2.38. The summed E-state index contributed by atoms with van der Waals surface area (Å²) in [4.78, 5) is 52.4. The molecule has 0 fully saturated rings. The van der Waals surface area contributed by atoms with Gasteiger partial charge in [-0.25, -0.2) is 0 Å². The lowest BCUT2D eigenvalue weighted by molar-refractivity contribution is -0.118. The molecule has 156 valence electrons. The van der Waals surface area contributed by atoms with Gasteiger partial charge in [0.15, 0.2) is 5.71 Å². The van der Waals surface area contributed by atoms with Crippen LogP contribution in [0.2, 0.25) is 0 Å². The third-order valence-electron chi connectivity index (χ3n) is 5.23.